The number of likely N-dealkylation sites (tertiary alicyclic amines) is 1. The highest BCUT2D eigenvalue weighted by molar-refractivity contribution is 6.30. The van der Waals surface area contributed by atoms with Gasteiger partial charge in [-0.3, -0.25) is 9.89 Å². The second kappa shape index (κ2) is 10.1. The molecule has 0 aromatic heterocycles. The summed E-state index contributed by atoms with van der Waals surface area (Å²) in [7, 11) is 1.70. The first kappa shape index (κ1) is 21.6. The Morgan fingerprint density at radius 1 is 0.903 bits per heavy atom. The van der Waals surface area contributed by atoms with E-state index in [9.17, 15) is 0 Å². The van der Waals surface area contributed by atoms with Crippen LogP contribution in [0.5, 0.6) is 5.75 Å². The van der Waals surface area contributed by atoms with E-state index >= 15 is 0 Å². The zero-order chi connectivity index (χ0) is 21.6. The third-order valence-electron chi connectivity index (χ3n) is 5.99. The van der Waals surface area contributed by atoms with Crippen LogP contribution in [0.3, 0.4) is 0 Å². The van der Waals surface area contributed by atoms with Crippen molar-refractivity contribution in [1.29, 1.82) is 0 Å². The second-order valence-corrected chi connectivity index (χ2v) is 8.62. The van der Waals surface area contributed by atoms with Crippen molar-refractivity contribution in [3.8, 4) is 5.75 Å². The predicted molar refractivity (Wildman–Crippen MR) is 130 cm³/mol. The van der Waals surface area contributed by atoms with Crippen molar-refractivity contribution in [1.82, 2.24) is 4.90 Å². The van der Waals surface area contributed by atoms with E-state index in [1.165, 1.54) is 22.3 Å². The van der Waals surface area contributed by atoms with E-state index in [4.69, 9.17) is 21.3 Å². The SMILES string of the molecule is COc1ccc(C(c2ccc(Cl)cc2)N2CCC(/N=C/c3ccc(C)cc3)CC2)cc1. The number of halogens is 1. The van der Waals surface area contributed by atoms with Crippen LogP contribution in [0.4, 0.5) is 0 Å². The van der Waals surface area contributed by atoms with E-state index in [1.807, 2.05) is 30.5 Å². The summed E-state index contributed by atoms with van der Waals surface area (Å²) in [6.45, 7) is 4.13. The van der Waals surface area contributed by atoms with Gasteiger partial charge in [-0.1, -0.05) is 65.7 Å². The Bertz CT molecular complexity index is 989. The van der Waals surface area contributed by atoms with Gasteiger partial charge in [0.1, 0.15) is 5.75 Å². The van der Waals surface area contributed by atoms with E-state index in [2.05, 4.69) is 60.4 Å². The van der Waals surface area contributed by atoms with Crippen LogP contribution in [-0.4, -0.2) is 37.4 Å². The lowest BCUT2D eigenvalue weighted by Gasteiger charge is -2.37. The lowest BCUT2D eigenvalue weighted by Crippen LogP contribution is -2.38. The number of aliphatic imine (C=N–C) groups is 1. The first-order valence-corrected chi connectivity index (χ1v) is 11.2. The first-order valence-electron chi connectivity index (χ1n) is 10.9. The Balaban J connectivity index is 1.48. The molecule has 3 aromatic carbocycles. The van der Waals surface area contributed by atoms with Crippen molar-refractivity contribution in [2.45, 2.75) is 31.8 Å². The maximum atomic E-state index is 6.15. The normalized spacial score (nSPS) is 16.5. The van der Waals surface area contributed by atoms with E-state index < -0.39 is 0 Å². The van der Waals surface area contributed by atoms with Gasteiger partial charge in [0.2, 0.25) is 0 Å². The maximum absolute atomic E-state index is 6.15. The number of aryl methyl sites for hydroxylation is 1. The molecule has 3 nitrogen and oxygen atoms in total. The molecule has 4 heteroatoms. The molecule has 0 N–H and O–H groups in total. The number of benzene rings is 3. The van der Waals surface area contributed by atoms with E-state index in [0.29, 0.717) is 6.04 Å². The monoisotopic (exact) mass is 432 g/mol. The molecule has 1 atom stereocenters. The van der Waals surface area contributed by atoms with Gasteiger partial charge in [-0.15, -0.1) is 0 Å². The van der Waals surface area contributed by atoms with Gasteiger partial charge in [0, 0.05) is 24.3 Å². The fraction of sp³-hybridized carbons (Fsp3) is 0.296. The Kier molecular flexibility index (Phi) is 7.06. The topological polar surface area (TPSA) is 24.8 Å². The minimum absolute atomic E-state index is 0.199. The van der Waals surface area contributed by atoms with Crippen LogP contribution in [0.1, 0.15) is 41.1 Å². The number of ether oxygens (including phenoxy) is 1. The molecule has 1 saturated heterocycles. The molecule has 0 saturated carbocycles. The number of methoxy groups -OCH3 is 1. The summed E-state index contributed by atoms with van der Waals surface area (Å²) in [5, 5.41) is 0.765. The van der Waals surface area contributed by atoms with Crippen LogP contribution in [0.2, 0.25) is 5.02 Å². The minimum Gasteiger partial charge on any atom is -0.497 e. The van der Waals surface area contributed by atoms with Crippen LogP contribution in [-0.2, 0) is 0 Å². The smallest absolute Gasteiger partial charge is 0.118 e. The number of hydrogen-bond acceptors (Lipinski definition) is 3. The summed E-state index contributed by atoms with van der Waals surface area (Å²) in [5.74, 6) is 0.878. The van der Waals surface area contributed by atoms with Crippen LogP contribution < -0.4 is 4.74 Å². The van der Waals surface area contributed by atoms with Gasteiger partial charge >= 0.3 is 0 Å². The Morgan fingerprint density at radius 2 is 1.48 bits per heavy atom. The molecule has 0 aliphatic carbocycles. The van der Waals surface area contributed by atoms with E-state index in [-0.39, 0.29) is 6.04 Å². The molecule has 0 radical (unpaired) electrons. The fourth-order valence-corrected chi connectivity index (χ4v) is 4.31. The first-order chi connectivity index (χ1) is 15.1. The molecule has 1 aliphatic rings. The Labute approximate surface area is 190 Å². The molecule has 160 valence electrons. The molecule has 31 heavy (non-hydrogen) atoms. The van der Waals surface area contributed by atoms with Gasteiger partial charge in [0.15, 0.2) is 0 Å². The highest BCUT2D eigenvalue weighted by Crippen LogP contribution is 2.33. The van der Waals surface area contributed by atoms with E-state index in [0.717, 1.165) is 36.7 Å². The summed E-state index contributed by atoms with van der Waals surface area (Å²) in [6, 6.07) is 25.8. The third-order valence-corrected chi connectivity index (χ3v) is 6.25. The molecule has 0 amide bonds. The van der Waals surface area contributed by atoms with Gasteiger partial charge in [-0.2, -0.15) is 0 Å². The van der Waals surface area contributed by atoms with Gasteiger partial charge < -0.3 is 4.74 Å². The molecule has 1 unspecified atom stereocenters. The summed E-state index contributed by atoms with van der Waals surface area (Å²) in [6.07, 6.45) is 4.14. The quantitative estimate of drug-likeness (QED) is 0.425. The maximum Gasteiger partial charge on any atom is 0.118 e. The number of piperidine rings is 1. The standard InChI is InChI=1S/C27H29ClN2O/c1-20-3-5-21(6-4-20)19-29-25-15-17-30(18-16-25)27(22-7-11-24(28)12-8-22)23-9-13-26(31-2)14-10-23/h3-14,19,25,27H,15-18H2,1-2H3/b29-19+. The van der Waals surface area contributed by atoms with Crippen molar-refractivity contribution in [3.63, 3.8) is 0 Å². The highest BCUT2D eigenvalue weighted by Gasteiger charge is 2.27. The summed E-state index contributed by atoms with van der Waals surface area (Å²) >= 11 is 6.15. The molecular formula is C27H29ClN2O. The van der Waals surface area contributed by atoms with Crippen LogP contribution in [0.25, 0.3) is 0 Å². The number of hydrogen-bond donors (Lipinski definition) is 0. The molecule has 0 spiro atoms. The third kappa shape index (κ3) is 5.55. The summed E-state index contributed by atoms with van der Waals surface area (Å²) in [5.41, 5.74) is 4.98. The largest absolute Gasteiger partial charge is 0.497 e. The highest BCUT2D eigenvalue weighted by atomic mass is 35.5. The predicted octanol–water partition coefficient (Wildman–Crippen LogP) is 6.33. The number of rotatable bonds is 6. The van der Waals surface area contributed by atoms with Crippen molar-refractivity contribution >= 4 is 17.8 Å². The van der Waals surface area contributed by atoms with Crippen molar-refractivity contribution in [3.05, 3.63) is 100 Å². The van der Waals surface area contributed by atoms with Crippen molar-refractivity contribution < 1.29 is 4.74 Å². The van der Waals surface area contributed by atoms with Crippen LogP contribution in [0.15, 0.2) is 77.8 Å². The number of nitrogens with zero attached hydrogens (tertiary/aromatic N) is 2. The van der Waals surface area contributed by atoms with E-state index in [1.54, 1.807) is 7.11 Å². The van der Waals surface area contributed by atoms with Gasteiger partial charge in [0.25, 0.3) is 0 Å². The van der Waals surface area contributed by atoms with Crippen molar-refractivity contribution in [2.75, 3.05) is 20.2 Å². The lowest BCUT2D eigenvalue weighted by atomic mass is 9.94. The van der Waals surface area contributed by atoms with Crippen molar-refractivity contribution in [2.24, 2.45) is 4.99 Å². The van der Waals surface area contributed by atoms with Gasteiger partial charge in [0.05, 0.1) is 19.2 Å². The molecule has 4 rings (SSSR count). The minimum atomic E-state index is 0.199. The average Bonchev–Trinajstić information content (AvgIpc) is 2.81. The Morgan fingerprint density at radius 3 is 2.06 bits per heavy atom. The summed E-state index contributed by atoms with van der Waals surface area (Å²) in [4.78, 5) is 7.43. The van der Waals surface area contributed by atoms with Gasteiger partial charge in [-0.25, -0.2) is 0 Å². The Hall–Kier alpha value is -2.62. The fourth-order valence-electron chi connectivity index (χ4n) is 4.18. The van der Waals surface area contributed by atoms with Crippen LogP contribution in [0, 0.1) is 6.92 Å². The second-order valence-electron chi connectivity index (χ2n) is 8.18. The molecule has 0 bridgehead atoms. The molecule has 1 aliphatic heterocycles. The van der Waals surface area contributed by atoms with Crippen LogP contribution >= 0.6 is 11.6 Å². The lowest BCUT2D eigenvalue weighted by molar-refractivity contribution is 0.175. The molecule has 1 fully saturated rings. The van der Waals surface area contributed by atoms with Gasteiger partial charge in [-0.05, 0) is 60.7 Å². The summed E-state index contributed by atoms with van der Waals surface area (Å²) < 4.78 is 5.35. The molecular weight excluding hydrogens is 404 g/mol. The molecule has 1 heterocycles. The zero-order valence-electron chi connectivity index (χ0n) is 18.2. The molecule has 3 aromatic rings. The average molecular weight is 433 g/mol. The zero-order valence-corrected chi connectivity index (χ0v) is 18.9.